The Balaban J connectivity index is 1.29. The van der Waals surface area contributed by atoms with E-state index in [2.05, 4.69) is 16.0 Å². The van der Waals surface area contributed by atoms with E-state index in [9.17, 15) is 50.3 Å². The van der Waals surface area contributed by atoms with Crippen molar-refractivity contribution in [1.82, 2.24) is 55.1 Å². The first-order valence-corrected chi connectivity index (χ1v) is 37.3. The molecule has 6 fully saturated rings. The molecule has 7 aliphatic rings. The highest BCUT2D eigenvalue weighted by molar-refractivity contribution is 6.00. The number of hydrogen-bond donors (Lipinski definition) is 3. The number of nitrogens with one attached hydrogen (secondary N) is 3. The van der Waals surface area contributed by atoms with Gasteiger partial charge >= 0.3 is 12.4 Å². The number of halogens is 8. The molecule has 0 radical (unpaired) electrons. The maximum Gasteiger partial charge on any atom is 0.397 e. The zero-order valence-corrected chi connectivity index (χ0v) is 61.8. The fourth-order valence-corrected chi connectivity index (χ4v) is 16.7. The summed E-state index contributed by atoms with van der Waals surface area (Å²) in [5, 5.41) is 8.45. The minimum Gasteiger partial charge on any atom is -0.377 e. The van der Waals surface area contributed by atoms with E-state index in [1.165, 1.54) is 49.9 Å². The van der Waals surface area contributed by atoms with Gasteiger partial charge in [-0.05, 0) is 140 Å². The number of fused-ring (bicyclic) bond motifs is 4. The summed E-state index contributed by atoms with van der Waals surface area (Å²) in [6, 6.07) is -9.98. The minimum absolute atomic E-state index is 0.00927. The van der Waals surface area contributed by atoms with Gasteiger partial charge in [0.1, 0.15) is 66.1 Å². The highest BCUT2D eigenvalue weighted by Crippen LogP contribution is 2.46. The molecule has 0 aromatic carbocycles. The second-order valence-electron chi connectivity index (χ2n) is 30.1. The molecule has 103 heavy (non-hydrogen) atoms. The van der Waals surface area contributed by atoms with Gasteiger partial charge in [0, 0.05) is 80.4 Å². The number of rotatable bonds is 13. The molecule has 0 aromatic rings. The van der Waals surface area contributed by atoms with Crippen molar-refractivity contribution in [3.63, 3.8) is 0 Å². The summed E-state index contributed by atoms with van der Waals surface area (Å²) in [5.41, 5.74) is -1.60. The van der Waals surface area contributed by atoms with Crippen molar-refractivity contribution in [3.8, 4) is 0 Å². The number of ether oxygens (including phenoxy) is 1. The van der Waals surface area contributed by atoms with Crippen molar-refractivity contribution in [2.75, 3.05) is 74.6 Å². The molecule has 3 N–H and O–H groups in total. The molecule has 7 rings (SSSR count). The van der Waals surface area contributed by atoms with Crippen molar-refractivity contribution >= 4 is 65.0 Å². The molecule has 2 bridgehead atoms. The van der Waals surface area contributed by atoms with E-state index in [1.54, 1.807) is 44.7 Å². The second-order valence-corrected chi connectivity index (χ2v) is 30.1. The van der Waals surface area contributed by atoms with E-state index >= 15 is 37.5 Å². The van der Waals surface area contributed by atoms with Crippen molar-refractivity contribution in [1.29, 1.82) is 0 Å². The predicted octanol–water partition coefficient (Wildman–Crippen LogP) is 7.04. The molecule has 3 aliphatic carbocycles. The fraction of sp³-hybridized carbons (Fsp3) is 0.819. The number of nitrogens with zero attached hydrogens (tertiary/aromatic N) is 8. The highest BCUT2D eigenvalue weighted by Gasteiger charge is 2.56. The third kappa shape index (κ3) is 19.9. The van der Waals surface area contributed by atoms with Crippen LogP contribution in [0.25, 0.3) is 0 Å². The smallest absolute Gasteiger partial charge is 0.377 e. The summed E-state index contributed by atoms with van der Waals surface area (Å²) in [7, 11) is 6.86. The van der Waals surface area contributed by atoms with E-state index in [4.69, 9.17) is 4.74 Å². The Labute approximate surface area is 600 Å². The Morgan fingerprint density at radius 3 is 1.82 bits per heavy atom. The largest absolute Gasteiger partial charge is 0.397 e. The highest BCUT2D eigenvalue weighted by atomic mass is 19.4. The van der Waals surface area contributed by atoms with Gasteiger partial charge in [-0.2, -0.15) is 26.3 Å². The molecule has 4 heterocycles. The second kappa shape index (κ2) is 36.1. The van der Waals surface area contributed by atoms with Crippen molar-refractivity contribution in [3.05, 3.63) is 12.2 Å². The van der Waals surface area contributed by atoms with E-state index in [1.807, 2.05) is 13.8 Å². The third-order valence-electron chi connectivity index (χ3n) is 23.4. The fourth-order valence-electron chi connectivity index (χ4n) is 16.7. The molecule has 3 saturated carbocycles. The lowest BCUT2D eigenvalue weighted by Crippen LogP contribution is -2.68. The first kappa shape index (κ1) is 83.6. The Morgan fingerprint density at radius 2 is 1.24 bits per heavy atom. The number of hydrogen-bond acceptors (Lipinski definition) is 12. The van der Waals surface area contributed by atoms with Crippen LogP contribution in [0.1, 0.15) is 183 Å². The number of amides is 11. The lowest BCUT2D eigenvalue weighted by Gasteiger charge is -2.47. The van der Waals surface area contributed by atoms with E-state index in [-0.39, 0.29) is 110 Å². The summed E-state index contributed by atoms with van der Waals surface area (Å²) in [6.07, 6.45) is -12.6. The van der Waals surface area contributed by atoms with Gasteiger partial charge in [-0.15, -0.1) is 0 Å². The molecule has 2 unspecified atom stereocenters. The van der Waals surface area contributed by atoms with Gasteiger partial charge in [0.25, 0.3) is 0 Å². The van der Waals surface area contributed by atoms with Crippen LogP contribution in [0.5, 0.6) is 0 Å². The number of carbonyl (C=O) groups is 11. The summed E-state index contributed by atoms with van der Waals surface area (Å²) in [6.45, 7) is 9.14. The van der Waals surface area contributed by atoms with Gasteiger partial charge in [-0.3, -0.25) is 52.7 Å². The third-order valence-corrected chi connectivity index (χ3v) is 23.4. The quantitative estimate of drug-likeness (QED) is 0.124. The maximum atomic E-state index is 15.5. The molecule has 12 atom stereocenters. The monoisotopic (exact) mass is 1470 g/mol. The first-order chi connectivity index (χ1) is 48.5. The van der Waals surface area contributed by atoms with Gasteiger partial charge in [0.15, 0.2) is 0 Å². The van der Waals surface area contributed by atoms with E-state index in [0.717, 1.165) is 19.6 Å². The summed E-state index contributed by atoms with van der Waals surface area (Å²) in [5.74, 6) is -15.0. The predicted molar refractivity (Wildman–Crippen MR) is 364 cm³/mol. The molecule has 11 amide bonds. The summed E-state index contributed by atoms with van der Waals surface area (Å²) < 4.78 is 121. The standard InChI is InChI=1S/C72H111F8N11O12/c1-12-42(6)60-67(100)85(8)41-58(94)87(10)53-23-18-17-19-32-90(66(53)99)55(36-43-24-27-46(28-25-43)71(75,76)77)65(98)84(7)40-56(92)81-51(29-26-44-34-49(73)59(50(74)35-44)72(78,79)80)64(97)91-39-48(103-16-5)38-54(91)63(96)83-70(30-21-31-70)69(102)88(11)61(45(13-2)14-3)68(101)89-33-20-22-47(89)37-57(93)86(9)52(15-4)62(95)82-60/h17-18,42-55,59-61H,12-16,19-41H2,1-11H3,(H,81,92)(H,82,95)(H,83,96)/b18-17-/t42-,43?,44?,46?,47+,48+,49?,50?,51-,52-,53-,54-,55-,59?,60-,61-/m0/s1. The van der Waals surface area contributed by atoms with Crippen LogP contribution >= 0.6 is 0 Å². The summed E-state index contributed by atoms with van der Waals surface area (Å²) in [4.78, 5) is 175. The molecule has 4 aliphatic heterocycles. The molecular weight excluding hydrogens is 1360 g/mol. The average Bonchev–Trinajstić information content (AvgIpc) is 1.75. The minimum atomic E-state index is -5.20. The average molecular weight is 1470 g/mol. The number of likely N-dealkylation sites (N-methyl/N-ethyl adjacent to an activating group) is 5. The van der Waals surface area contributed by atoms with Crippen molar-refractivity contribution in [2.24, 2.45) is 35.5 Å². The van der Waals surface area contributed by atoms with Gasteiger partial charge in [0.05, 0.1) is 25.1 Å². The molecule has 1 spiro atoms. The van der Waals surface area contributed by atoms with Crippen molar-refractivity contribution in [2.45, 2.75) is 267 Å². The molecular formula is C72H111F8N11O12. The van der Waals surface area contributed by atoms with Crippen LogP contribution in [0.3, 0.4) is 0 Å². The zero-order chi connectivity index (χ0) is 76.3. The first-order valence-electron chi connectivity index (χ1n) is 37.3. The van der Waals surface area contributed by atoms with Crippen LogP contribution in [0, 0.1) is 35.5 Å². The van der Waals surface area contributed by atoms with Crippen molar-refractivity contribution < 1.29 is 92.6 Å². The molecule has 23 nitrogen and oxygen atoms in total. The SMILES string of the molecule is CCO[C@@H]1C[C@H]2C(=O)NC3(CCC3)C(=O)N(C)[C@@H](C(CC)CC)C(=O)N3CCC[C@@H]3CC(=O)N(C)[C@@H](CC)C(=O)N[C@@H]([C@@H](C)CC)C(=O)N(C)CC(=O)N(C)[C@H]3C/C=C\CCN(C3=O)[C@@H](CC3CCC(C(F)(F)F)CC3)C(=O)N(C)CC(=O)N[C@@H](CCC3CC(F)C(C(F)(F)F)C(F)C3)C(=O)N2C1. The normalized spacial score (nSPS) is 32.6. The Kier molecular flexibility index (Phi) is 29.3. The number of alkyl halides is 8. The van der Waals surface area contributed by atoms with Gasteiger partial charge in [0.2, 0.25) is 65.0 Å². The summed E-state index contributed by atoms with van der Waals surface area (Å²) >= 11 is 0. The maximum absolute atomic E-state index is 15.5. The van der Waals surface area contributed by atoms with Crippen LogP contribution in [0.4, 0.5) is 35.1 Å². The topological polar surface area (TPSA) is 259 Å². The lowest BCUT2D eigenvalue weighted by atomic mass is 9.74. The molecule has 582 valence electrons. The molecule has 31 heteroatoms. The van der Waals surface area contributed by atoms with E-state index in [0.29, 0.717) is 38.5 Å². The van der Waals surface area contributed by atoms with Crippen LogP contribution in [-0.2, 0) is 57.5 Å². The Morgan fingerprint density at radius 1 is 0.602 bits per heavy atom. The molecule has 3 saturated heterocycles. The Bertz CT molecular complexity index is 3030. The van der Waals surface area contributed by atoms with Crippen LogP contribution in [0.2, 0.25) is 0 Å². The lowest BCUT2D eigenvalue weighted by molar-refractivity contribution is -0.219. The zero-order valence-electron chi connectivity index (χ0n) is 61.8. The van der Waals surface area contributed by atoms with Crippen LogP contribution in [-0.4, -0.2) is 263 Å². The number of carbonyl (C=O) groups excluding carboxylic acids is 11. The van der Waals surface area contributed by atoms with Crippen LogP contribution < -0.4 is 16.0 Å². The van der Waals surface area contributed by atoms with Gasteiger partial charge < -0.3 is 59.9 Å². The molecule has 0 aromatic heterocycles. The van der Waals surface area contributed by atoms with Gasteiger partial charge in [-0.1, -0.05) is 66.0 Å². The Hall–Kier alpha value is -6.69. The van der Waals surface area contributed by atoms with Crippen LogP contribution in [0.15, 0.2) is 12.2 Å². The van der Waals surface area contributed by atoms with E-state index < -0.39 is 218 Å². The van der Waals surface area contributed by atoms with Gasteiger partial charge in [-0.25, -0.2) is 8.78 Å².